The first-order chi connectivity index (χ1) is 9.14. The highest BCUT2D eigenvalue weighted by Gasteiger charge is 2.36. The van der Waals surface area contributed by atoms with Crippen LogP contribution < -0.4 is 9.47 Å². The van der Waals surface area contributed by atoms with Crippen LogP contribution in [-0.4, -0.2) is 29.5 Å². The molecule has 0 aromatic carbocycles. The van der Waals surface area contributed by atoms with Gasteiger partial charge in [0.2, 0.25) is 0 Å². The van der Waals surface area contributed by atoms with Gasteiger partial charge in [-0.2, -0.15) is 0 Å². The number of alkyl halides is 5. The quantitative estimate of drug-likeness (QED) is 0.846. The first-order valence-corrected chi connectivity index (χ1v) is 4.97. The molecule has 1 heterocycles. The van der Waals surface area contributed by atoms with E-state index >= 15 is 0 Å². The zero-order valence-electron chi connectivity index (χ0n) is 9.87. The van der Waals surface area contributed by atoms with Crippen LogP contribution in [0, 0.1) is 0 Å². The molecule has 10 heteroatoms. The molecule has 0 unspecified atom stereocenters. The Bertz CT molecular complexity index is 503. The Morgan fingerprint density at radius 1 is 1.45 bits per heavy atom. The van der Waals surface area contributed by atoms with E-state index in [4.69, 9.17) is 5.11 Å². The molecule has 1 aromatic rings. The summed E-state index contributed by atoms with van der Waals surface area (Å²) in [6.45, 7) is 0. The Morgan fingerprint density at radius 3 is 2.45 bits per heavy atom. The van der Waals surface area contributed by atoms with Gasteiger partial charge < -0.3 is 14.6 Å². The molecule has 1 aromatic heterocycles. The van der Waals surface area contributed by atoms with Crippen LogP contribution in [0.2, 0.25) is 0 Å². The standard InChI is InChI=1S/C10H8F5NO4/c1-19-9-7(20-10(13,14)15)5(8(11)12)2-4(16-9)3-6(17)18/h2,8H,3H2,1H3,(H,17,18). The van der Waals surface area contributed by atoms with Crippen molar-refractivity contribution in [3.05, 3.63) is 17.3 Å². The minimum Gasteiger partial charge on any atom is -0.481 e. The topological polar surface area (TPSA) is 68.7 Å². The van der Waals surface area contributed by atoms with Gasteiger partial charge in [0.1, 0.15) is 0 Å². The lowest BCUT2D eigenvalue weighted by Crippen LogP contribution is -2.19. The molecule has 0 spiro atoms. The average Bonchev–Trinajstić information content (AvgIpc) is 2.27. The number of rotatable bonds is 5. The van der Waals surface area contributed by atoms with E-state index in [1.54, 1.807) is 0 Å². The van der Waals surface area contributed by atoms with E-state index in [-0.39, 0.29) is 5.69 Å². The second kappa shape index (κ2) is 5.88. The van der Waals surface area contributed by atoms with E-state index in [1.807, 2.05) is 0 Å². The van der Waals surface area contributed by atoms with E-state index in [9.17, 15) is 26.7 Å². The Labute approximate surface area is 108 Å². The maximum absolute atomic E-state index is 12.8. The van der Waals surface area contributed by atoms with Gasteiger partial charge in [-0.3, -0.25) is 4.79 Å². The van der Waals surface area contributed by atoms with Crippen molar-refractivity contribution in [2.45, 2.75) is 19.2 Å². The van der Waals surface area contributed by atoms with Gasteiger partial charge in [0.15, 0.2) is 5.75 Å². The predicted molar refractivity (Wildman–Crippen MR) is 53.8 cm³/mol. The average molecular weight is 301 g/mol. The van der Waals surface area contributed by atoms with Gasteiger partial charge in [0.25, 0.3) is 12.3 Å². The number of carbonyl (C=O) groups is 1. The zero-order chi connectivity index (χ0) is 15.5. The first kappa shape index (κ1) is 15.9. The fourth-order valence-electron chi connectivity index (χ4n) is 1.35. The molecule has 0 fully saturated rings. The van der Waals surface area contributed by atoms with Crippen LogP contribution in [0.25, 0.3) is 0 Å². The molecule has 0 aliphatic heterocycles. The molecule has 0 radical (unpaired) electrons. The van der Waals surface area contributed by atoms with E-state index in [1.165, 1.54) is 0 Å². The second-order valence-corrected chi connectivity index (χ2v) is 3.46. The lowest BCUT2D eigenvalue weighted by atomic mass is 10.1. The molecule has 1 rings (SSSR count). The lowest BCUT2D eigenvalue weighted by molar-refractivity contribution is -0.275. The molecule has 20 heavy (non-hydrogen) atoms. The molecule has 5 nitrogen and oxygen atoms in total. The molecule has 0 bridgehead atoms. The number of methoxy groups -OCH3 is 1. The summed E-state index contributed by atoms with van der Waals surface area (Å²) in [5.41, 5.74) is -1.52. The van der Waals surface area contributed by atoms with Crippen LogP contribution in [0.15, 0.2) is 6.07 Å². The van der Waals surface area contributed by atoms with Crippen molar-refractivity contribution in [1.29, 1.82) is 0 Å². The van der Waals surface area contributed by atoms with Crippen molar-refractivity contribution >= 4 is 5.97 Å². The summed E-state index contributed by atoms with van der Waals surface area (Å²) < 4.78 is 69.9. The van der Waals surface area contributed by atoms with Crippen molar-refractivity contribution in [3.63, 3.8) is 0 Å². The van der Waals surface area contributed by atoms with Gasteiger partial charge in [-0.15, -0.1) is 13.2 Å². The number of ether oxygens (including phenoxy) is 2. The number of hydrogen-bond donors (Lipinski definition) is 1. The molecule has 1 N–H and O–H groups in total. The van der Waals surface area contributed by atoms with Crippen LogP contribution in [0.1, 0.15) is 17.7 Å². The summed E-state index contributed by atoms with van der Waals surface area (Å²) in [6, 6.07) is 0.530. The maximum Gasteiger partial charge on any atom is 0.573 e. The summed E-state index contributed by atoms with van der Waals surface area (Å²) >= 11 is 0. The SMILES string of the molecule is COc1nc(CC(=O)O)cc(C(F)F)c1OC(F)(F)F. The lowest BCUT2D eigenvalue weighted by Gasteiger charge is -2.16. The summed E-state index contributed by atoms with van der Waals surface area (Å²) in [6.07, 6.45) is -9.29. The minimum atomic E-state index is -5.22. The van der Waals surface area contributed by atoms with Gasteiger partial charge in [-0.25, -0.2) is 13.8 Å². The van der Waals surface area contributed by atoms with Crippen LogP contribution in [0.4, 0.5) is 22.0 Å². The summed E-state index contributed by atoms with van der Waals surface area (Å²) in [5, 5.41) is 8.54. The number of pyridine rings is 1. The number of carboxylic acids is 1. The molecule has 112 valence electrons. The van der Waals surface area contributed by atoms with Gasteiger partial charge >= 0.3 is 12.3 Å². The molecular weight excluding hydrogens is 293 g/mol. The second-order valence-electron chi connectivity index (χ2n) is 3.46. The van der Waals surface area contributed by atoms with Crippen molar-refractivity contribution in [2.24, 2.45) is 0 Å². The Morgan fingerprint density at radius 2 is 2.05 bits per heavy atom. The fraction of sp³-hybridized carbons (Fsp3) is 0.400. The van der Waals surface area contributed by atoms with Crippen LogP contribution in [0.5, 0.6) is 11.6 Å². The fourth-order valence-corrected chi connectivity index (χ4v) is 1.35. The maximum atomic E-state index is 12.8. The molecule has 0 saturated heterocycles. The van der Waals surface area contributed by atoms with Crippen LogP contribution in [-0.2, 0) is 11.2 Å². The third-order valence-corrected chi connectivity index (χ3v) is 2.00. The predicted octanol–water partition coefficient (Wildman–Crippen LogP) is 2.55. The van der Waals surface area contributed by atoms with Gasteiger partial charge in [-0.1, -0.05) is 0 Å². The largest absolute Gasteiger partial charge is 0.573 e. The van der Waals surface area contributed by atoms with Crippen LogP contribution >= 0.6 is 0 Å². The van der Waals surface area contributed by atoms with E-state index in [0.29, 0.717) is 6.07 Å². The van der Waals surface area contributed by atoms with Crippen molar-refractivity contribution in [2.75, 3.05) is 7.11 Å². The van der Waals surface area contributed by atoms with E-state index in [2.05, 4.69) is 14.5 Å². The third-order valence-electron chi connectivity index (χ3n) is 2.00. The highest BCUT2D eigenvalue weighted by Crippen LogP contribution is 2.39. The molecule has 0 aliphatic carbocycles. The third kappa shape index (κ3) is 4.21. The molecular formula is C10H8F5NO4. The Balaban J connectivity index is 3.36. The molecule has 0 amide bonds. The monoisotopic (exact) mass is 301 g/mol. The summed E-state index contributed by atoms with van der Waals surface area (Å²) in [4.78, 5) is 13.9. The Kier molecular flexibility index (Phi) is 4.69. The molecule has 0 saturated carbocycles. The number of aromatic nitrogens is 1. The van der Waals surface area contributed by atoms with E-state index in [0.717, 1.165) is 7.11 Å². The molecule has 0 atom stereocenters. The summed E-state index contributed by atoms with van der Waals surface area (Å²) in [5.74, 6) is -3.54. The first-order valence-electron chi connectivity index (χ1n) is 4.97. The van der Waals surface area contributed by atoms with Crippen molar-refractivity contribution in [3.8, 4) is 11.6 Å². The van der Waals surface area contributed by atoms with Gasteiger partial charge in [-0.05, 0) is 6.07 Å². The zero-order valence-corrected chi connectivity index (χ0v) is 9.87. The summed E-state index contributed by atoms with van der Waals surface area (Å²) in [7, 11) is 0.894. The van der Waals surface area contributed by atoms with Gasteiger partial charge in [0, 0.05) is 0 Å². The smallest absolute Gasteiger partial charge is 0.481 e. The van der Waals surface area contributed by atoms with Crippen molar-refractivity contribution in [1.82, 2.24) is 4.98 Å². The highest BCUT2D eigenvalue weighted by atomic mass is 19.4. The normalized spacial score (nSPS) is 11.6. The molecule has 0 aliphatic rings. The number of carboxylic acid groups (broad SMARTS) is 1. The van der Waals surface area contributed by atoms with Crippen molar-refractivity contribution < 1.29 is 41.3 Å². The highest BCUT2D eigenvalue weighted by molar-refractivity contribution is 5.70. The van der Waals surface area contributed by atoms with E-state index < -0.39 is 42.4 Å². The number of aliphatic carboxylic acids is 1. The Hall–Kier alpha value is -2.13. The number of nitrogens with zero attached hydrogens (tertiary/aromatic N) is 1. The van der Waals surface area contributed by atoms with Gasteiger partial charge in [0.05, 0.1) is 24.8 Å². The number of halogens is 5. The van der Waals surface area contributed by atoms with Crippen LogP contribution in [0.3, 0.4) is 0 Å². The number of hydrogen-bond acceptors (Lipinski definition) is 4. The minimum absolute atomic E-state index is 0.376.